The Morgan fingerprint density at radius 2 is 0.839 bits per heavy atom. The smallest absolute Gasteiger partial charge is 0.164 e. The van der Waals surface area contributed by atoms with Gasteiger partial charge in [-0.1, -0.05) is 170 Å². The number of rotatable bonds is 7. The van der Waals surface area contributed by atoms with Crippen molar-refractivity contribution in [3.05, 3.63) is 218 Å². The molecular formula is C57H36N4S. The minimum Gasteiger partial charge on any atom is -0.309 e. The van der Waals surface area contributed by atoms with Gasteiger partial charge in [0.05, 0.1) is 11.0 Å². The van der Waals surface area contributed by atoms with Gasteiger partial charge in [-0.2, -0.15) is 0 Å². The van der Waals surface area contributed by atoms with E-state index in [1.807, 2.05) is 47.7 Å². The third-order valence-corrected chi connectivity index (χ3v) is 13.0. The van der Waals surface area contributed by atoms with Gasteiger partial charge in [-0.25, -0.2) is 15.0 Å². The van der Waals surface area contributed by atoms with Gasteiger partial charge in [0, 0.05) is 53.3 Å². The van der Waals surface area contributed by atoms with Gasteiger partial charge in [0.2, 0.25) is 0 Å². The van der Waals surface area contributed by atoms with Crippen LogP contribution in [0.2, 0.25) is 0 Å². The van der Waals surface area contributed by atoms with Crippen LogP contribution in [0.3, 0.4) is 0 Å². The van der Waals surface area contributed by atoms with Crippen LogP contribution in [-0.4, -0.2) is 19.5 Å². The van der Waals surface area contributed by atoms with Crippen molar-refractivity contribution < 1.29 is 0 Å². The lowest BCUT2D eigenvalue weighted by Crippen LogP contribution is -2.01. The monoisotopic (exact) mass is 808 g/mol. The van der Waals surface area contributed by atoms with Gasteiger partial charge in [0.15, 0.2) is 17.5 Å². The molecule has 5 heteroatoms. The number of fused-ring (bicyclic) bond motifs is 6. The van der Waals surface area contributed by atoms with Gasteiger partial charge in [0.25, 0.3) is 0 Å². The molecule has 0 fully saturated rings. The van der Waals surface area contributed by atoms with Crippen LogP contribution in [0.15, 0.2) is 218 Å². The maximum Gasteiger partial charge on any atom is 0.164 e. The average molecular weight is 809 g/mol. The van der Waals surface area contributed by atoms with Crippen LogP contribution < -0.4 is 0 Å². The van der Waals surface area contributed by atoms with Crippen LogP contribution in [0.5, 0.6) is 0 Å². The molecule has 3 heterocycles. The zero-order valence-corrected chi connectivity index (χ0v) is 34.3. The first-order valence-corrected chi connectivity index (χ1v) is 21.7. The molecule has 12 rings (SSSR count). The Morgan fingerprint density at radius 1 is 0.290 bits per heavy atom. The van der Waals surface area contributed by atoms with E-state index in [-0.39, 0.29) is 0 Å². The summed E-state index contributed by atoms with van der Waals surface area (Å²) in [6.07, 6.45) is 0. The number of benzene rings is 9. The molecule has 0 saturated heterocycles. The SMILES string of the molecule is c1ccc(-c2cccc(-c3ccc(-c4ccc5c(c4)sc4cc6c7ccccc7n(-c7ccccc7)c6cc45)c(-c4nc(-c5ccccc5)nc(-c5ccccc5)n4)c3)c2)cc1. The van der Waals surface area contributed by atoms with Crippen LogP contribution in [0, 0.1) is 0 Å². The van der Waals surface area contributed by atoms with Crippen LogP contribution >= 0.6 is 11.3 Å². The highest BCUT2D eigenvalue weighted by Gasteiger charge is 2.20. The number of nitrogens with zero attached hydrogens (tertiary/aromatic N) is 4. The number of hydrogen-bond donors (Lipinski definition) is 0. The minimum absolute atomic E-state index is 0.626. The Hall–Kier alpha value is -7.99. The molecule has 0 unspecified atom stereocenters. The molecular weight excluding hydrogens is 773 g/mol. The molecule has 0 spiro atoms. The Kier molecular flexibility index (Phi) is 8.65. The van der Waals surface area contributed by atoms with E-state index in [2.05, 4.69) is 187 Å². The molecule has 62 heavy (non-hydrogen) atoms. The van der Waals surface area contributed by atoms with E-state index in [1.54, 1.807) is 0 Å². The summed E-state index contributed by atoms with van der Waals surface area (Å²) in [6, 6.07) is 77.5. The molecule has 12 aromatic rings. The molecule has 0 radical (unpaired) electrons. The van der Waals surface area contributed by atoms with Crippen molar-refractivity contribution in [3.8, 4) is 73.2 Å². The normalized spacial score (nSPS) is 11.5. The first kappa shape index (κ1) is 35.9. The third kappa shape index (κ3) is 6.26. The summed E-state index contributed by atoms with van der Waals surface area (Å²) >= 11 is 1.85. The van der Waals surface area contributed by atoms with Crippen LogP contribution in [0.25, 0.3) is 115 Å². The van der Waals surface area contributed by atoms with E-state index in [9.17, 15) is 0 Å². The van der Waals surface area contributed by atoms with Crippen LogP contribution in [-0.2, 0) is 0 Å². The molecule has 290 valence electrons. The van der Waals surface area contributed by atoms with Gasteiger partial charge in [-0.05, 0) is 81.9 Å². The fourth-order valence-corrected chi connectivity index (χ4v) is 10.0. The Morgan fingerprint density at radius 3 is 1.55 bits per heavy atom. The van der Waals surface area contributed by atoms with Crippen molar-refractivity contribution in [2.24, 2.45) is 0 Å². The predicted octanol–water partition coefficient (Wildman–Crippen LogP) is 15.3. The summed E-state index contributed by atoms with van der Waals surface area (Å²) in [5.74, 6) is 1.90. The van der Waals surface area contributed by atoms with Crippen molar-refractivity contribution in [1.29, 1.82) is 0 Å². The fourth-order valence-electron chi connectivity index (χ4n) is 8.86. The van der Waals surface area contributed by atoms with Crippen molar-refractivity contribution in [1.82, 2.24) is 19.5 Å². The van der Waals surface area contributed by atoms with Gasteiger partial charge in [-0.15, -0.1) is 11.3 Å². The molecule has 0 aliphatic carbocycles. The number of para-hydroxylation sites is 2. The van der Waals surface area contributed by atoms with E-state index in [0.29, 0.717) is 17.5 Å². The number of hydrogen-bond acceptors (Lipinski definition) is 4. The fraction of sp³-hybridized carbons (Fsp3) is 0. The van der Waals surface area contributed by atoms with Gasteiger partial charge in [0.1, 0.15) is 0 Å². The topological polar surface area (TPSA) is 43.6 Å². The predicted molar refractivity (Wildman–Crippen MR) is 260 cm³/mol. The maximum absolute atomic E-state index is 5.24. The van der Waals surface area contributed by atoms with Crippen molar-refractivity contribution in [2.75, 3.05) is 0 Å². The van der Waals surface area contributed by atoms with Gasteiger partial charge in [-0.3, -0.25) is 0 Å². The first-order chi connectivity index (χ1) is 30.7. The van der Waals surface area contributed by atoms with E-state index in [0.717, 1.165) is 44.6 Å². The highest BCUT2D eigenvalue weighted by Crippen LogP contribution is 2.43. The zero-order chi connectivity index (χ0) is 41.0. The summed E-state index contributed by atoms with van der Waals surface area (Å²) < 4.78 is 4.90. The minimum atomic E-state index is 0.626. The molecule has 0 N–H and O–H groups in total. The summed E-state index contributed by atoms with van der Waals surface area (Å²) in [5.41, 5.74) is 13.1. The number of thiophene rings is 1. The standard InChI is InChI=1S/C57H36N4S/c1-5-16-37(17-6-1)40-22-15-23-41(32-40)42-28-30-45(50(33-42)57-59-55(38-18-7-2-8-19-38)58-56(60-57)39-20-9-3-10-21-39)43-29-31-47-49-35-52-48(36-54(49)62-53(47)34-43)46-26-13-14-27-51(46)61(52)44-24-11-4-12-25-44/h1-36H. The van der Waals surface area contributed by atoms with Gasteiger partial charge < -0.3 is 4.57 Å². The molecule has 4 nitrogen and oxygen atoms in total. The third-order valence-electron chi connectivity index (χ3n) is 11.9. The summed E-state index contributed by atoms with van der Waals surface area (Å²) in [7, 11) is 0. The summed E-state index contributed by atoms with van der Waals surface area (Å²) in [6.45, 7) is 0. The highest BCUT2D eigenvalue weighted by atomic mass is 32.1. The lowest BCUT2D eigenvalue weighted by Gasteiger charge is -2.15. The molecule has 0 saturated carbocycles. The number of aromatic nitrogens is 4. The second kappa shape index (κ2) is 14.9. The molecule has 0 aliphatic heterocycles. The second-order valence-corrected chi connectivity index (χ2v) is 16.7. The van der Waals surface area contributed by atoms with E-state index in [1.165, 1.54) is 53.1 Å². The molecule has 0 amide bonds. The largest absolute Gasteiger partial charge is 0.309 e. The average Bonchev–Trinajstić information content (AvgIpc) is 3.88. The molecule has 3 aromatic heterocycles. The maximum atomic E-state index is 5.24. The molecule has 9 aromatic carbocycles. The van der Waals surface area contributed by atoms with E-state index in [4.69, 9.17) is 15.0 Å². The zero-order valence-electron chi connectivity index (χ0n) is 33.5. The van der Waals surface area contributed by atoms with Crippen molar-refractivity contribution >= 4 is 53.3 Å². The second-order valence-electron chi connectivity index (χ2n) is 15.6. The molecule has 0 bridgehead atoms. The lowest BCUT2D eigenvalue weighted by atomic mass is 9.92. The van der Waals surface area contributed by atoms with Crippen LogP contribution in [0.4, 0.5) is 0 Å². The summed E-state index contributed by atoms with van der Waals surface area (Å²) in [5, 5.41) is 5.02. The van der Waals surface area contributed by atoms with Crippen molar-refractivity contribution in [2.45, 2.75) is 0 Å². The van der Waals surface area contributed by atoms with Crippen molar-refractivity contribution in [3.63, 3.8) is 0 Å². The van der Waals surface area contributed by atoms with E-state index >= 15 is 0 Å². The molecule has 0 aliphatic rings. The van der Waals surface area contributed by atoms with Gasteiger partial charge >= 0.3 is 0 Å². The summed E-state index contributed by atoms with van der Waals surface area (Å²) in [4.78, 5) is 15.5. The quantitative estimate of drug-likeness (QED) is 0.161. The lowest BCUT2D eigenvalue weighted by molar-refractivity contribution is 1.07. The van der Waals surface area contributed by atoms with E-state index < -0.39 is 0 Å². The highest BCUT2D eigenvalue weighted by molar-refractivity contribution is 7.26. The molecule has 0 atom stereocenters. The Balaban J connectivity index is 1.06. The van der Waals surface area contributed by atoms with Crippen LogP contribution in [0.1, 0.15) is 0 Å². The Labute approximate surface area is 362 Å². The first-order valence-electron chi connectivity index (χ1n) is 20.8. The Bertz CT molecular complexity index is 3560.